The van der Waals surface area contributed by atoms with Crippen molar-refractivity contribution in [3.8, 4) is 17.1 Å². The van der Waals surface area contributed by atoms with E-state index in [2.05, 4.69) is 32.3 Å². The van der Waals surface area contributed by atoms with Gasteiger partial charge in [-0.05, 0) is 30.3 Å². The number of ether oxygens (including phenoxy) is 2. The molecule has 0 radical (unpaired) electrons. The summed E-state index contributed by atoms with van der Waals surface area (Å²) in [4.78, 5) is 27.8. The van der Waals surface area contributed by atoms with E-state index in [1.54, 1.807) is 12.4 Å². The summed E-state index contributed by atoms with van der Waals surface area (Å²) in [5, 5.41) is 3.41. The topological polar surface area (TPSA) is 93.9 Å². The number of pyridine rings is 1. The van der Waals surface area contributed by atoms with E-state index in [0.717, 1.165) is 54.5 Å². The van der Waals surface area contributed by atoms with Gasteiger partial charge in [-0.15, -0.1) is 0 Å². The number of aromatic nitrogens is 4. The second-order valence-electron chi connectivity index (χ2n) is 8.10. The first-order valence-corrected chi connectivity index (χ1v) is 10.9. The molecule has 0 saturated carbocycles. The van der Waals surface area contributed by atoms with Crippen molar-refractivity contribution in [1.82, 2.24) is 19.4 Å². The van der Waals surface area contributed by atoms with Crippen LogP contribution in [-0.4, -0.2) is 58.0 Å². The fourth-order valence-electron chi connectivity index (χ4n) is 4.18. The molecule has 6 rings (SSSR count). The van der Waals surface area contributed by atoms with Crippen LogP contribution in [0.3, 0.4) is 0 Å². The summed E-state index contributed by atoms with van der Waals surface area (Å²) >= 11 is 0. The van der Waals surface area contributed by atoms with Gasteiger partial charge in [0.2, 0.25) is 5.88 Å². The highest BCUT2D eigenvalue weighted by atomic mass is 16.5. The lowest BCUT2D eigenvalue weighted by molar-refractivity contribution is -0.121. The minimum Gasteiger partial charge on any atom is -0.469 e. The fraction of sp³-hybridized carbons (Fsp3) is 0.250. The van der Waals surface area contributed by atoms with Crippen LogP contribution in [0.15, 0.2) is 55.1 Å². The maximum Gasteiger partial charge on any atom is 0.217 e. The van der Waals surface area contributed by atoms with Gasteiger partial charge < -0.3 is 24.1 Å². The third kappa shape index (κ3) is 3.87. The molecule has 0 aliphatic carbocycles. The van der Waals surface area contributed by atoms with Crippen LogP contribution in [0.25, 0.3) is 16.9 Å². The molecule has 1 aromatic carbocycles. The van der Waals surface area contributed by atoms with E-state index in [0.29, 0.717) is 18.1 Å². The quantitative estimate of drug-likeness (QED) is 0.516. The number of nitrogens with one attached hydrogen (secondary N) is 1. The van der Waals surface area contributed by atoms with Gasteiger partial charge in [-0.1, -0.05) is 0 Å². The number of nitrogens with zero attached hydrogens (tertiary/aromatic N) is 5. The molecule has 2 aliphatic rings. The van der Waals surface area contributed by atoms with Crippen LogP contribution in [0.4, 0.5) is 17.2 Å². The number of rotatable bonds is 4. The highest BCUT2D eigenvalue weighted by molar-refractivity contribution is 5.85. The number of hydrogen-bond acceptors (Lipinski definition) is 8. The maximum atomic E-state index is 11.8. The number of ketones is 1. The molecule has 9 nitrogen and oxygen atoms in total. The molecule has 0 spiro atoms. The van der Waals surface area contributed by atoms with Crippen LogP contribution in [0.1, 0.15) is 5.56 Å². The highest BCUT2D eigenvalue weighted by Crippen LogP contribution is 2.29. The van der Waals surface area contributed by atoms with Gasteiger partial charge in [0.1, 0.15) is 6.61 Å². The summed E-state index contributed by atoms with van der Waals surface area (Å²) in [5.41, 5.74) is 5.14. The Bertz CT molecular complexity index is 1330. The molecule has 5 heterocycles. The lowest BCUT2D eigenvalue weighted by atomic mass is 10.1. The number of anilines is 3. The Labute approximate surface area is 190 Å². The van der Waals surface area contributed by atoms with Gasteiger partial charge in [0.15, 0.2) is 17.2 Å². The summed E-state index contributed by atoms with van der Waals surface area (Å²) in [6.45, 7) is 3.39. The summed E-state index contributed by atoms with van der Waals surface area (Å²) in [6.07, 6.45) is 7.57. The van der Waals surface area contributed by atoms with E-state index < -0.39 is 0 Å². The monoisotopic (exact) mass is 442 g/mol. The van der Waals surface area contributed by atoms with Crippen molar-refractivity contribution in [3.05, 3.63) is 60.7 Å². The second-order valence-corrected chi connectivity index (χ2v) is 8.10. The van der Waals surface area contributed by atoms with Crippen LogP contribution in [-0.2, 0) is 16.0 Å². The third-order valence-corrected chi connectivity index (χ3v) is 5.86. The minimum absolute atomic E-state index is 0.0438. The molecular formula is C24H22N6O3. The molecule has 1 N–H and O–H groups in total. The smallest absolute Gasteiger partial charge is 0.217 e. The van der Waals surface area contributed by atoms with Gasteiger partial charge in [0.05, 0.1) is 18.9 Å². The predicted octanol–water partition coefficient (Wildman–Crippen LogP) is 2.88. The molecule has 9 heteroatoms. The molecule has 0 atom stereocenters. The van der Waals surface area contributed by atoms with Crippen LogP contribution >= 0.6 is 0 Å². The van der Waals surface area contributed by atoms with Gasteiger partial charge in [-0.25, -0.2) is 15.0 Å². The Morgan fingerprint density at radius 2 is 1.91 bits per heavy atom. The number of Topliss-reactive ketones (excluding diaryl/α,β-unsaturated/α-hetero) is 1. The Morgan fingerprint density at radius 1 is 1.06 bits per heavy atom. The van der Waals surface area contributed by atoms with Crippen molar-refractivity contribution in [2.45, 2.75) is 6.42 Å². The molecule has 33 heavy (non-hydrogen) atoms. The van der Waals surface area contributed by atoms with Crippen molar-refractivity contribution >= 4 is 28.6 Å². The molecule has 0 unspecified atom stereocenters. The summed E-state index contributed by atoms with van der Waals surface area (Å²) in [5.74, 6) is 1.20. The van der Waals surface area contributed by atoms with E-state index in [4.69, 9.17) is 14.5 Å². The number of carbonyl (C=O) groups excluding carboxylic acids is 1. The average Bonchev–Trinajstić information content (AvgIpc) is 3.34. The summed E-state index contributed by atoms with van der Waals surface area (Å²) in [7, 11) is 0. The molecular weight excluding hydrogens is 420 g/mol. The standard InChI is InChI=1S/C24H22N6O3/c31-20-12-16-11-17(13-26-24(16)33-15-20)21-14-30-6-5-25-23(30)22(28-21)27-18-1-3-19(4-2-18)29-7-9-32-10-8-29/h1-6,11,13-14H,7-10,12,15H2,(H,27,28). The van der Waals surface area contributed by atoms with Crippen LogP contribution in [0.2, 0.25) is 0 Å². The first-order chi connectivity index (χ1) is 16.2. The zero-order chi connectivity index (χ0) is 22.2. The summed E-state index contributed by atoms with van der Waals surface area (Å²) < 4.78 is 12.8. The zero-order valence-corrected chi connectivity index (χ0v) is 17.9. The van der Waals surface area contributed by atoms with Crippen molar-refractivity contribution in [2.24, 2.45) is 0 Å². The van der Waals surface area contributed by atoms with Gasteiger partial charge in [0.25, 0.3) is 0 Å². The normalized spacial score (nSPS) is 15.9. The van der Waals surface area contributed by atoms with Crippen molar-refractivity contribution < 1.29 is 14.3 Å². The molecule has 2 aliphatic heterocycles. The van der Waals surface area contributed by atoms with Gasteiger partial charge in [-0.3, -0.25) is 4.79 Å². The van der Waals surface area contributed by atoms with Gasteiger partial charge in [-0.2, -0.15) is 0 Å². The lowest BCUT2D eigenvalue weighted by Gasteiger charge is -2.28. The van der Waals surface area contributed by atoms with Crippen molar-refractivity contribution in [2.75, 3.05) is 43.1 Å². The number of morpholine rings is 1. The number of fused-ring (bicyclic) bond motifs is 2. The number of carbonyl (C=O) groups is 1. The van der Waals surface area contributed by atoms with E-state index in [1.165, 1.54) is 5.69 Å². The molecule has 4 aromatic rings. The van der Waals surface area contributed by atoms with Gasteiger partial charge in [0, 0.05) is 66.8 Å². The lowest BCUT2D eigenvalue weighted by Crippen LogP contribution is -2.36. The van der Waals surface area contributed by atoms with E-state index >= 15 is 0 Å². The first kappa shape index (κ1) is 19.7. The zero-order valence-electron chi connectivity index (χ0n) is 17.9. The van der Waals surface area contributed by atoms with Crippen molar-refractivity contribution in [3.63, 3.8) is 0 Å². The Balaban J connectivity index is 1.31. The predicted molar refractivity (Wildman–Crippen MR) is 123 cm³/mol. The number of hydrogen-bond donors (Lipinski definition) is 1. The van der Waals surface area contributed by atoms with Crippen molar-refractivity contribution in [1.29, 1.82) is 0 Å². The van der Waals surface area contributed by atoms with E-state index in [1.807, 2.05) is 35.0 Å². The molecule has 1 fully saturated rings. The Kier molecular flexibility index (Phi) is 4.88. The summed E-state index contributed by atoms with van der Waals surface area (Å²) in [6, 6.07) is 10.2. The highest BCUT2D eigenvalue weighted by Gasteiger charge is 2.20. The molecule has 1 saturated heterocycles. The minimum atomic E-state index is 0.0438. The molecule has 3 aromatic heterocycles. The SMILES string of the molecule is O=C1COc2ncc(-c3cn4ccnc4c(Nc4ccc(N5CCOCC5)cc4)n3)cc2C1. The first-order valence-electron chi connectivity index (χ1n) is 10.9. The van der Waals surface area contributed by atoms with Crippen LogP contribution in [0, 0.1) is 0 Å². The van der Waals surface area contributed by atoms with Gasteiger partial charge >= 0.3 is 0 Å². The Hall–Kier alpha value is -3.98. The maximum absolute atomic E-state index is 11.8. The van der Waals surface area contributed by atoms with E-state index in [9.17, 15) is 4.79 Å². The second kappa shape index (κ2) is 8.18. The number of imidazole rings is 1. The molecule has 0 bridgehead atoms. The van der Waals surface area contributed by atoms with Crippen LogP contribution < -0.4 is 15.0 Å². The largest absolute Gasteiger partial charge is 0.469 e. The van der Waals surface area contributed by atoms with Crippen LogP contribution in [0.5, 0.6) is 5.88 Å². The average molecular weight is 442 g/mol. The Morgan fingerprint density at radius 3 is 2.76 bits per heavy atom. The van der Waals surface area contributed by atoms with E-state index in [-0.39, 0.29) is 12.4 Å². The molecule has 0 amide bonds. The third-order valence-electron chi connectivity index (χ3n) is 5.86. The number of benzene rings is 1. The fourth-order valence-corrected chi connectivity index (χ4v) is 4.18. The molecule has 166 valence electrons.